The molecule has 1 rings (SSSR count). The molecule has 1 heterocycles. The fraction of sp³-hybridized carbons (Fsp3) is 0.286. The molecule has 0 bridgehead atoms. The summed E-state index contributed by atoms with van der Waals surface area (Å²) in [6.07, 6.45) is -2.12. The van der Waals surface area contributed by atoms with E-state index in [2.05, 4.69) is 12.8 Å². The second kappa shape index (κ2) is 4.92. The standard InChI is InChI=1S/C5H5N.C2BF5/c1-2-4-6-5-3-1;3-1(4,5)2(6,7)8/h1-5H;. The molecular weight excluding hydrogens is 204 g/mol. The second-order valence-corrected chi connectivity index (χ2v) is 2.15. The summed E-state index contributed by atoms with van der Waals surface area (Å²) in [4.78, 5) is 3.78. The molecule has 7 heteroatoms. The Morgan fingerprint density at radius 1 is 0.857 bits per heavy atom. The van der Waals surface area contributed by atoms with Crippen LogP contribution in [0, 0.1) is 0 Å². The third-order valence-electron chi connectivity index (χ3n) is 0.944. The first-order chi connectivity index (χ1) is 6.25. The van der Waals surface area contributed by atoms with Gasteiger partial charge in [-0.25, -0.2) is 8.78 Å². The van der Waals surface area contributed by atoms with Crippen molar-refractivity contribution in [3.05, 3.63) is 30.6 Å². The normalized spacial score (nSPS) is 11.5. The third kappa shape index (κ3) is 5.50. The summed E-state index contributed by atoms with van der Waals surface area (Å²) in [7, 11) is 3.35. The molecule has 2 radical (unpaired) electrons. The lowest BCUT2D eigenvalue weighted by molar-refractivity contribution is -0.242. The van der Waals surface area contributed by atoms with Crippen molar-refractivity contribution in [3.63, 3.8) is 0 Å². The first kappa shape index (κ1) is 12.9. The predicted octanol–water partition coefficient (Wildman–Crippen LogP) is 2.39. The zero-order chi connectivity index (χ0) is 11.2. The van der Waals surface area contributed by atoms with E-state index in [1.165, 1.54) is 0 Å². The number of rotatable bonds is 0. The topological polar surface area (TPSA) is 12.9 Å². The van der Waals surface area contributed by atoms with Gasteiger partial charge in [0.25, 0.3) is 5.82 Å². The van der Waals surface area contributed by atoms with E-state index in [-0.39, 0.29) is 0 Å². The van der Waals surface area contributed by atoms with E-state index >= 15 is 0 Å². The van der Waals surface area contributed by atoms with Gasteiger partial charge in [0.2, 0.25) is 0 Å². The molecule has 1 aromatic heterocycles. The van der Waals surface area contributed by atoms with Crippen molar-refractivity contribution in [1.29, 1.82) is 0 Å². The molecule has 0 aliphatic rings. The van der Waals surface area contributed by atoms with Gasteiger partial charge in [0.1, 0.15) is 0 Å². The van der Waals surface area contributed by atoms with E-state index < -0.39 is 12.0 Å². The monoisotopic (exact) mass is 209 g/mol. The third-order valence-corrected chi connectivity index (χ3v) is 0.944. The van der Waals surface area contributed by atoms with Crippen LogP contribution in [-0.4, -0.2) is 24.8 Å². The van der Waals surface area contributed by atoms with Gasteiger partial charge in [-0.3, -0.25) is 4.98 Å². The molecule has 0 saturated carbocycles. The number of nitrogens with zero attached hydrogens (tertiary/aromatic N) is 1. The van der Waals surface area contributed by atoms with Gasteiger partial charge in [0.05, 0.1) is 0 Å². The highest BCUT2D eigenvalue weighted by Gasteiger charge is 2.51. The van der Waals surface area contributed by atoms with Gasteiger partial charge in [-0.05, 0) is 12.1 Å². The number of alkyl halides is 5. The van der Waals surface area contributed by atoms with Crippen LogP contribution in [0.4, 0.5) is 22.0 Å². The van der Waals surface area contributed by atoms with E-state index in [9.17, 15) is 22.0 Å². The molecule has 1 nitrogen and oxygen atoms in total. The molecule has 0 aromatic carbocycles. The summed E-state index contributed by atoms with van der Waals surface area (Å²) in [5.41, 5.74) is 0. The minimum atomic E-state index is -5.62. The number of aromatic nitrogens is 1. The summed E-state index contributed by atoms with van der Waals surface area (Å²) >= 11 is 0. The van der Waals surface area contributed by atoms with Gasteiger partial charge in [-0.2, -0.15) is 13.2 Å². The van der Waals surface area contributed by atoms with Gasteiger partial charge < -0.3 is 0 Å². The Bertz CT molecular complexity index is 204. The quantitative estimate of drug-likeness (QED) is 0.472. The van der Waals surface area contributed by atoms with Gasteiger partial charge in [-0.1, -0.05) is 6.07 Å². The number of halogens is 5. The van der Waals surface area contributed by atoms with Gasteiger partial charge >= 0.3 is 6.18 Å². The minimum absolute atomic E-state index is 1.75. The van der Waals surface area contributed by atoms with Crippen LogP contribution in [0.1, 0.15) is 0 Å². The first-order valence-electron chi connectivity index (χ1n) is 3.33. The fourth-order valence-corrected chi connectivity index (χ4v) is 0.313. The molecule has 0 spiro atoms. The van der Waals surface area contributed by atoms with E-state index in [1.807, 2.05) is 18.2 Å². The van der Waals surface area contributed by atoms with Crippen molar-refractivity contribution in [3.8, 4) is 0 Å². The Kier molecular flexibility index (Phi) is 4.53. The predicted molar refractivity (Wildman–Crippen MR) is 41.0 cm³/mol. The molecule has 14 heavy (non-hydrogen) atoms. The van der Waals surface area contributed by atoms with Crippen LogP contribution in [-0.2, 0) is 0 Å². The smallest absolute Gasteiger partial charge is 0.265 e. The highest BCUT2D eigenvalue weighted by molar-refractivity contribution is 6.13. The van der Waals surface area contributed by atoms with Crippen LogP contribution in [0.2, 0.25) is 0 Å². The average molecular weight is 209 g/mol. The summed E-state index contributed by atoms with van der Waals surface area (Å²) < 4.78 is 53.8. The summed E-state index contributed by atoms with van der Waals surface area (Å²) in [5.74, 6) is -5.06. The summed E-state index contributed by atoms with van der Waals surface area (Å²) in [6, 6.07) is 5.72. The first-order valence-corrected chi connectivity index (χ1v) is 3.33. The van der Waals surface area contributed by atoms with Crippen molar-refractivity contribution in [1.82, 2.24) is 4.98 Å². The molecule has 1 aromatic rings. The van der Waals surface area contributed by atoms with E-state index in [1.54, 1.807) is 12.4 Å². The molecule has 0 aliphatic heterocycles. The molecule has 0 amide bonds. The van der Waals surface area contributed by atoms with E-state index in [4.69, 9.17) is 0 Å². The Hall–Kier alpha value is -1.14. The van der Waals surface area contributed by atoms with Crippen LogP contribution in [0.15, 0.2) is 30.6 Å². The lowest BCUT2D eigenvalue weighted by Gasteiger charge is -2.13. The fourth-order valence-electron chi connectivity index (χ4n) is 0.313. The van der Waals surface area contributed by atoms with Gasteiger partial charge in [0, 0.05) is 12.4 Å². The molecule has 0 unspecified atom stereocenters. The maximum atomic E-state index is 10.9. The molecule has 0 atom stereocenters. The molecule has 0 saturated heterocycles. The highest BCUT2D eigenvalue weighted by atomic mass is 19.4. The lowest BCUT2D eigenvalue weighted by Crippen LogP contribution is -2.36. The Balaban J connectivity index is 0.000000249. The maximum Gasteiger partial charge on any atom is 0.442 e. The van der Waals surface area contributed by atoms with Crippen LogP contribution in [0.5, 0.6) is 0 Å². The molecule has 0 fully saturated rings. The van der Waals surface area contributed by atoms with Crippen LogP contribution in [0.3, 0.4) is 0 Å². The highest BCUT2D eigenvalue weighted by Crippen LogP contribution is 2.31. The summed E-state index contributed by atoms with van der Waals surface area (Å²) in [5, 5.41) is 0. The Morgan fingerprint density at radius 2 is 1.21 bits per heavy atom. The van der Waals surface area contributed by atoms with Crippen LogP contribution < -0.4 is 0 Å². The van der Waals surface area contributed by atoms with Crippen LogP contribution in [0.25, 0.3) is 0 Å². The molecule has 76 valence electrons. The van der Waals surface area contributed by atoms with Crippen LogP contribution >= 0.6 is 0 Å². The SMILES string of the molecule is [B]C(F)(F)C(F)(F)F.c1ccncc1. The zero-order valence-electron chi connectivity index (χ0n) is 6.80. The van der Waals surface area contributed by atoms with Gasteiger partial charge in [-0.15, -0.1) is 0 Å². The second-order valence-electron chi connectivity index (χ2n) is 2.15. The number of hydrogen-bond donors (Lipinski definition) is 0. The molecular formula is C7H5BF5N. The zero-order valence-corrected chi connectivity index (χ0v) is 6.80. The van der Waals surface area contributed by atoms with Crippen molar-refractivity contribution < 1.29 is 22.0 Å². The summed E-state index contributed by atoms with van der Waals surface area (Å²) in [6.45, 7) is 0. The van der Waals surface area contributed by atoms with Crippen molar-refractivity contribution in [2.75, 3.05) is 0 Å². The number of pyridine rings is 1. The van der Waals surface area contributed by atoms with Crippen molar-refractivity contribution in [2.24, 2.45) is 0 Å². The van der Waals surface area contributed by atoms with Crippen molar-refractivity contribution >= 4 is 7.85 Å². The minimum Gasteiger partial charge on any atom is -0.265 e. The lowest BCUT2D eigenvalue weighted by atomic mass is 9.99. The molecule has 0 aliphatic carbocycles. The van der Waals surface area contributed by atoms with E-state index in [0.717, 1.165) is 0 Å². The van der Waals surface area contributed by atoms with Gasteiger partial charge in [0.15, 0.2) is 7.85 Å². The largest absolute Gasteiger partial charge is 0.442 e. The maximum absolute atomic E-state index is 10.9. The Morgan fingerprint density at radius 3 is 1.29 bits per heavy atom. The van der Waals surface area contributed by atoms with E-state index in [0.29, 0.717) is 0 Å². The molecule has 0 N–H and O–H groups in total. The average Bonchev–Trinajstić information content (AvgIpc) is 2.05. The number of hydrogen-bond acceptors (Lipinski definition) is 1. The Labute approximate surface area is 78.4 Å². The van der Waals surface area contributed by atoms with Crippen molar-refractivity contribution in [2.45, 2.75) is 12.0 Å².